The van der Waals surface area contributed by atoms with Gasteiger partial charge in [0.25, 0.3) is 0 Å². The largest absolute Gasteiger partial charge is 0.490 e. The molecule has 0 saturated carbocycles. The highest BCUT2D eigenvalue weighted by Gasteiger charge is 2.11. The van der Waals surface area contributed by atoms with Crippen LogP contribution in [-0.2, 0) is 13.2 Å². The first kappa shape index (κ1) is 20.5. The van der Waals surface area contributed by atoms with E-state index in [0.29, 0.717) is 36.3 Å². The summed E-state index contributed by atoms with van der Waals surface area (Å²) < 4.78 is 25.6. The summed E-state index contributed by atoms with van der Waals surface area (Å²) in [6, 6.07) is 17.6. The number of hydrogen-bond donors (Lipinski definition) is 1. The van der Waals surface area contributed by atoms with Crippen molar-refractivity contribution in [3.8, 4) is 11.5 Å². The van der Waals surface area contributed by atoms with Gasteiger partial charge in [-0.25, -0.2) is 4.39 Å². The van der Waals surface area contributed by atoms with Gasteiger partial charge >= 0.3 is 0 Å². The lowest BCUT2D eigenvalue weighted by molar-refractivity contribution is 0.269. The molecule has 0 aromatic heterocycles. The van der Waals surface area contributed by atoms with Crippen molar-refractivity contribution >= 4 is 33.2 Å². The Bertz CT molecular complexity index is 917. The minimum absolute atomic E-state index is 0.265. The molecule has 0 amide bonds. The van der Waals surface area contributed by atoms with E-state index in [1.807, 2.05) is 43.3 Å². The predicted molar refractivity (Wildman–Crippen MR) is 115 cm³/mol. The van der Waals surface area contributed by atoms with Crippen molar-refractivity contribution in [3.63, 3.8) is 0 Å². The third-order valence-corrected chi connectivity index (χ3v) is 5.04. The summed E-state index contributed by atoms with van der Waals surface area (Å²) >= 11 is 9.53. The van der Waals surface area contributed by atoms with E-state index < -0.39 is 0 Å². The molecule has 6 heteroatoms. The van der Waals surface area contributed by atoms with Crippen LogP contribution >= 0.6 is 27.5 Å². The zero-order valence-electron chi connectivity index (χ0n) is 15.3. The molecule has 0 heterocycles. The molecule has 0 spiro atoms. The number of hydrogen-bond acceptors (Lipinski definition) is 3. The summed E-state index contributed by atoms with van der Waals surface area (Å²) in [5, 5.41) is 4.06. The van der Waals surface area contributed by atoms with E-state index in [-0.39, 0.29) is 5.82 Å². The predicted octanol–water partition coefficient (Wildman–Crippen LogP) is 6.83. The lowest BCUT2D eigenvalue weighted by Gasteiger charge is -2.16. The molecule has 0 atom stereocenters. The maximum absolute atomic E-state index is 13.0. The molecule has 0 aliphatic rings. The minimum Gasteiger partial charge on any atom is -0.490 e. The van der Waals surface area contributed by atoms with E-state index in [4.69, 9.17) is 21.1 Å². The molecule has 3 aromatic rings. The molecule has 0 aliphatic carbocycles. The van der Waals surface area contributed by atoms with Crippen LogP contribution in [-0.4, -0.2) is 6.61 Å². The van der Waals surface area contributed by atoms with Crippen LogP contribution in [0.25, 0.3) is 0 Å². The SMILES string of the molecule is CCOc1cc(CNc2ccc(Cl)cc2)c(Br)cc1OCc1ccc(F)cc1. The molecule has 28 heavy (non-hydrogen) atoms. The second-order valence-electron chi connectivity index (χ2n) is 6.10. The summed E-state index contributed by atoms with van der Waals surface area (Å²) in [6.45, 7) is 3.39. The third-order valence-electron chi connectivity index (χ3n) is 4.05. The molecule has 0 radical (unpaired) electrons. The maximum Gasteiger partial charge on any atom is 0.162 e. The highest BCUT2D eigenvalue weighted by Crippen LogP contribution is 2.35. The first-order valence-electron chi connectivity index (χ1n) is 8.87. The Morgan fingerprint density at radius 3 is 2.32 bits per heavy atom. The molecule has 146 valence electrons. The number of rotatable bonds is 8. The zero-order chi connectivity index (χ0) is 19.9. The molecule has 1 N–H and O–H groups in total. The first-order valence-corrected chi connectivity index (χ1v) is 10.0. The fraction of sp³-hybridized carbons (Fsp3) is 0.182. The van der Waals surface area contributed by atoms with E-state index in [9.17, 15) is 4.39 Å². The Hall–Kier alpha value is -2.24. The minimum atomic E-state index is -0.265. The van der Waals surface area contributed by atoms with Crippen molar-refractivity contribution in [1.29, 1.82) is 0 Å². The Labute approximate surface area is 177 Å². The Morgan fingerprint density at radius 2 is 1.64 bits per heavy atom. The number of nitrogens with one attached hydrogen (secondary N) is 1. The molecular formula is C22H20BrClFNO2. The van der Waals surface area contributed by atoms with Gasteiger partial charge in [-0.2, -0.15) is 0 Å². The van der Waals surface area contributed by atoms with E-state index in [1.54, 1.807) is 12.1 Å². The van der Waals surface area contributed by atoms with Gasteiger partial charge in [0.05, 0.1) is 6.61 Å². The molecule has 0 aliphatic heterocycles. The van der Waals surface area contributed by atoms with Crippen LogP contribution in [0.1, 0.15) is 18.1 Å². The topological polar surface area (TPSA) is 30.5 Å². The van der Waals surface area contributed by atoms with Crippen LogP contribution < -0.4 is 14.8 Å². The smallest absolute Gasteiger partial charge is 0.162 e. The van der Waals surface area contributed by atoms with Crippen LogP contribution in [0.4, 0.5) is 10.1 Å². The van der Waals surface area contributed by atoms with Crippen molar-refractivity contribution in [2.75, 3.05) is 11.9 Å². The summed E-state index contributed by atoms with van der Waals surface area (Å²) in [4.78, 5) is 0. The average molecular weight is 465 g/mol. The molecule has 3 nitrogen and oxygen atoms in total. The van der Waals surface area contributed by atoms with Gasteiger partial charge in [0.15, 0.2) is 11.5 Å². The number of ether oxygens (including phenoxy) is 2. The first-order chi connectivity index (χ1) is 13.5. The quantitative estimate of drug-likeness (QED) is 0.396. The summed E-state index contributed by atoms with van der Waals surface area (Å²) in [6.07, 6.45) is 0. The normalized spacial score (nSPS) is 10.6. The molecular weight excluding hydrogens is 445 g/mol. The van der Waals surface area contributed by atoms with Gasteiger partial charge in [-0.3, -0.25) is 0 Å². The summed E-state index contributed by atoms with van der Waals surface area (Å²) in [5.74, 6) is 1.04. The second kappa shape index (κ2) is 9.80. The molecule has 3 rings (SSSR count). The van der Waals surface area contributed by atoms with Gasteiger partial charge in [0.2, 0.25) is 0 Å². The van der Waals surface area contributed by atoms with Gasteiger partial charge in [0.1, 0.15) is 12.4 Å². The fourth-order valence-corrected chi connectivity index (χ4v) is 3.19. The van der Waals surface area contributed by atoms with Gasteiger partial charge < -0.3 is 14.8 Å². The molecule has 3 aromatic carbocycles. The van der Waals surface area contributed by atoms with Crippen LogP contribution in [0.5, 0.6) is 11.5 Å². The van der Waals surface area contributed by atoms with Crippen molar-refractivity contribution < 1.29 is 13.9 Å². The van der Waals surface area contributed by atoms with Gasteiger partial charge in [0, 0.05) is 21.7 Å². The van der Waals surface area contributed by atoms with Gasteiger partial charge in [-0.05, 0) is 66.6 Å². The summed E-state index contributed by atoms with van der Waals surface area (Å²) in [7, 11) is 0. The van der Waals surface area contributed by atoms with E-state index >= 15 is 0 Å². The Balaban J connectivity index is 1.72. The van der Waals surface area contributed by atoms with Crippen molar-refractivity contribution in [3.05, 3.63) is 87.1 Å². The van der Waals surface area contributed by atoms with E-state index in [1.165, 1.54) is 12.1 Å². The molecule has 0 bridgehead atoms. The number of anilines is 1. The third kappa shape index (κ3) is 5.63. The van der Waals surface area contributed by atoms with Crippen LogP contribution in [0, 0.1) is 5.82 Å². The van der Waals surface area contributed by atoms with Crippen LogP contribution in [0.3, 0.4) is 0 Å². The Morgan fingerprint density at radius 1 is 0.964 bits per heavy atom. The number of halogens is 3. The standard InChI is InChI=1S/C22H20BrClFNO2/c1-2-27-21-11-16(13-26-19-9-5-17(24)6-10-19)20(23)12-22(21)28-14-15-3-7-18(25)8-4-15/h3-12,26H,2,13-14H2,1H3. The lowest BCUT2D eigenvalue weighted by atomic mass is 10.2. The molecule has 0 saturated heterocycles. The monoisotopic (exact) mass is 463 g/mol. The van der Waals surface area contributed by atoms with Crippen molar-refractivity contribution in [2.45, 2.75) is 20.1 Å². The Kier molecular flexibility index (Phi) is 7.18. The van der Waals surface area contributed by atoms with Crippen LogP contribution in [0.2, 0.25) is 5.02 Å². The molecule has 0 fully saturated rings. The van der Waals surface area contributed by atoms with Crippen molar-refractivity contribution in [1.82, 2.24) is 0 Å². The highest BCUT2D eigenvalue weighted by atomic mass is 79.9. The van der Waals surface area contributed by atoms with Gasteiger partial charge in [-0.15, -0.1) is 0 Å². The van der Waals surface area contributed by atoms with E-state index in [2.05, 4.69) is 21.2 Å². The number of benzene rings is 3. The zero-order valence-corrected chi connectivity index (χ0v) is 17.7. The van der Waals surface area contributed by atoms with Crippen LogP contribution in [0.15, 0.2) is 65.1 Å². The van der Waals surface area contributed by atoms with Gasteiger partial charge in [-0.1, -0.05) is 39.7 Å². The van der Waals surface area contributed by atoms with E-state index in [0.717, 1.165) is 21.3 Å². The maximum atomic E-state index is 13.0. The average Bonchev–Trinajstić information content (AvgIpc) is 2.69. The highest BCUT2D eigenvalue weighted by molar-refractivity contribution is 9.10. The lowest BCUT2D eigenvalue weighted by Crippen LogP contribution is -2.04. The summed E-state index contributed by atoms with van der Waals surface area (Å²) in [5.41, 5.74) is 2.90. The molecule has 0 unspecified atom stereocenters. The van der Waals surface area contributed by atoms with Crippen molar-refractivity contribution in [2.24, 2.45) is 0 Å². The second-order valence-corrected chi connectivity index (χ2v) is 7.39. The fourth-order valence-electron chi connectivity index (χ4n) is 2.60.